The van der Waals surface area contributed by atoms with Gasteiger partial charge in [-0.2, -0.15) is 4.98 Å². The van der Waals surface area contributed by atoms with Crippen LogP contribution in [0.1, 0.15) is 41.5 Å². The van der Waals surface area contributed by atoms with E-state index in [-0.39, 0.29) is 19.1 Å². The number of ether oxygens (including phenoxy) is 2. The van der Waals surface area contributed by atoms with Gasteiger partial charge in [-0.25, -0.2) is 0 Å². The zero-order valence-electron chi connectivity index (χ0n) is 24.2. The molecule has 0 radical (unpaired) electrons. The van der Waals surface area contributed by atoms with Crippen LogP contribution in [0.15, 0.2) is 65.1 Å². The van der Waals surface area contributed by atoms with Crippen molar-refractivity contribution in [3.05, 3.63) is 97.4 Å². The molecule has 3 aromatic carbocycles. The molecule has 1 aromatic heterocycles. The van der Waals surface area contributed by atoms with E-state index in [0.717, 1.165) is 46.2 Å². The lowest BCUT2D eigenvalue weighted by Gasteiger charge is -2.16. The van der Waals surface area contributed by atoms with Gasteiger partial charge >= 0.3 is 5.97 Å². The van der Waals surface area contributed by atoms with Crippen molar-refractivity contribution in [2.45, 2.75) is 57.3 Å². The van der Waals surface area contributed by atoms with Gasteiger partial charge in [-0.05, 0) is 70.8 Å². The molecule has 0 amide bonds. The summed E-state index contributed by atoms with van der Waals surface area (Å²) in [6.45, 7) is 0.157. The van der Waals surface area contributed by atoms with E-state index in [4.69, 9.17) is 43.5 Å². The van der Waals surface area contributed by atoms with Gasteiger partial charge in [0.05, 0.1) is 34.2 Å². The van der Waals surface area contributed by atoms with Crippen LogP contribution in [-0.2, 0) is 30.7 Å². The van der Waals surface area contributed by atoms with Crippen molar-refractivity contribution in [2.24, 2.45) is 5.73 Å². The Labute approximate surface area is 275 Å². The van der Waals surface area contributed by atoms with Crippen molar-refractivity contribution < 1.29 is 24.5 Å². The molecule has 0 saturated carbocycles. The number of aliphatic carboxylic acids is 1. The maximum Gasteiger partial charge on any atom is 0.305 e. The number of aliphatic hydroxyl groups excluding tert-OH is 1. The number of fused-ring (bicyclic) bond motifs is 1. The predicted octanol–water partition coefficient (Wildman–Crippen LogP) is 7.66. The monoisotopic (exact) mass is 698 g/mol. The Bertz CT molecular complexity index is 1680. The lowest BCUT2D eigenvalue weighted by molar-refractivity contribution is -0.139. The average Bonchev–Trinajstić information content (AvgIpc) is 3.36. The fraction of sp³-hybridized carbons (Fsp3) is 0.294. The summed E-state index contributed by atoms with van der Waals surface area (Å²) >= 11 is 17.5. The molecule has 0 bridgehead atoms. The van der Waals surface area contributed by atoms with Crippen LogP contribution in [-0.4, -0.2) is 40.4 Å². The number of pyridine rings is 1. The lowest BCUT2D eigenvalue weighted by Crippen LogP contribution is -2.18. The zero-order chi connectivity index (χ0) is 31.4. The molecular formula is C34H33BrCl2N2O5. The van der Waals surface area contributed by atoms with Crippen LogP contribution < -0.4 is 15.2 Å². The van der Waals surface area contributed by atoms with Crippen LogP contribution in [0.5, 0.6) is 11.8 Å². The average molecular weight is 700 g/mol. The van der Waals surface area contributed by atoms with Crippen molar-refractivity contribution >= 4 is 45.1 Å². The molecule has 0 unspecified atom stereocenters. The van der Waals surface area contributed by atoms with Gasteiger partial charge in [0.25, 0.3) is 0 Å². The summed E-state index contributed by atoms with van der Waals surface area (Å²) in [6.07, 6.45) is 2.08. The molecule has 5 rings (SSSR count). The fourth-order valence-corrected chi connectivity index (χ4v) is 6.71. The highest BCUT2D eigenvalue weighted by molar-refractivity contribution is 9.10. The van der Waals surface area contributed by atoms with Crippen molar-refractivity contribution in [3.8, 4) is 34.0 Å². The molecular weight excluding hydrogens is 667 g/mol. The SMILES string of the molecule is COc1nc(OCc2cccc(-c3cccc(-c4ccc5c(c4)C[C@@H](N)C5)c3Cl)c2Cl)c(Br)cc1CCC[C@H](O)CC(=O)O. The quantitative estimate of drug-likeness (QED) is 0.139. The summed E-state index contributed by atoms with van der Waals surface area (Å²) in [5.41, 5.74) is 13.9. The maximum absolute atomic E-state index is 10.8. The molecule has 44 heavy (non-hydrogen) atoms. The van der Waals surface area contributed by atoms with Crippen LogP contribution in [0.25, 0.3) is 22.3 Å². The van der Waals surface area contributed by atoms with Gasteiger partial charge in [0, 0.05) is 33.9 Å². The van der Waals surface area contributed by atoms with E-state index in [9.17, 15) is 9.90 Å². The minimum atomic E-state index is -1.02. The summed E-state index contributed by atoms with van der Waals surface area (Å²) < 4.78 is 12.2. The Morgan fingerprint density at radius 2 is 1.70 bits per heavy atom. The normalized spacial score (nSPS) is 14.7. The second-order valence-corrected chi connectivity index (χ2v) is 12.6. The molecule has 2 atom stereocenters. The number of nitrogens with two attached hydrogens (primary N) is 1. The minimum Gasteiger partial charge on any atom is -0.481 e. The number of aromatic nitrogens is 1. The number of carbonyl (C=O) groups is 1. The Morgan fingerprint density at radius 3 is 2.45 bits per heavy atom. The molecule has 4 N–H and O–H groups in total. The van der Waals surface area contributed by atoms with Gasteiger partial charge in [-0.15, -0.1) is 0 Å². The molecule has 1 heterocycles. The highest BCUT2D eigenvalue weighted by Gasteiger charge is 2.21. The molecule has 230 valence electrons. The first-order valence-corrected chi connectivity index (χ1v) is 15.9. The number of carboxylic acids is 1. The number of benzene rings is 3. The third-order valence-corrected chi connectivity index (χ3v) is 9.21. The highest BCUT2D eigenvalue weighted by Crippen LogP contribution is 2.41. The van der Waals surface area contributed by atoms with Gasteiger partial charge < -0.3 is 25.4 Å². The highest BCUT2D eigenvalue weighted by atomic mass is 79.9. The van der Waals surface area contributed by atoms with Crippen molar-refractivity contribution in [1.82, 2.24) is 4.98 Å². The summed E-state index contributed by atoms with van der Waals surface area (Å²) in [5.74, 6) is -0.286. The molecule has 10 heteroatoms. The maximum atomic E-state index is 10.8. The first kappa shape index (κ1) is 32.3. The van der Waals surface area contributed by atoms with Crippen molar-refractivity contribution in [1.29, 1.82) is 0 Å². The molecule has 4 aromatic rings. The first-order valence-electron chi connectivity index (χ1n) is 14.3. The van der Waals surface area contributed by atoms with Crippen LogP contribution in [0.3, 0.4) is 0 Å². The van der Waals surface area contributed by atoms with E-state index in [2.05, 4.69) is 39.1 Å². The molecule has 1 aliphatic carbocycles. The van der Waals surface area contributed by atoms with Crippen molar-refractivity contribution in [2.75, 3.05) is 7.11 Å². The second-order valence-electron chi connectivity index (χ2n) is 11.0. The second kappa shape index (κ2) is 14.3. The van der Waals surface area contributed by atoms with Gasteiger partial charge in [0.2, 0.25) is 11.8 Å². The Hall–Kier alpha value is -3.14. The van der Waals surface area contributed by atoms with Crippen molar-refractivity contribution in [3.63, 3.8) is 0 Å². The van der Waals surface area contributed by atoms with Crippen LogP contribution in [0.4, 0.5) is 0 Å². The molecule has 0 spiro atoms. The van der Waals surface area contributed by atoms with E-state index in [1.54, 1.807) is 0 Å². The standard InChI is InChI=1S/C34H33BrCl2N2O5/c1-43-33-21(5-2-7-25(40)17-30(41)42)16-29(35)34(39-33)44-18-22-6-3-9-27(31(22)36)28-10-4-8-26(32(28)37)20-12-11-19-14-24(38)15-23(19)13-20/h3-4,6,8-13,16,24-25,40H,2,5,7,14-15,17-18,38H2,1H3,(H,41,42)/t24-,25-/m0/s1. The molecule has 0 aliphatic heterocycles. The number of hydrogen-bond acceptors (Lipinski definition) is 6. The number of aliphatic hydroxyl groups is 1. The van der Waals surface area contributed by atoms with E-state index >= 15 is 0 Å². The number of hydrogen-bond donors (Lipinski definition) is 3. The Kier molecular flexibility index (Phi) is 10.5. The summed E-state index contributed by atoms with van der Waals surface area (Å²) in [5, 5.41) is 19.9. The Morgan fingerprint density at radius 1 is 1.00 bits per heavy atom. The smallest absolute Gasteiger partial charge is 0.305 e. The van der Waals surface area contributed by atoms with E-state index in [1.807, 2.05) is 42.5 Å². The summed E-state index contributed by atoms with van der Waals surface area (Å²) in [6, 6.07) is 20.2. The minimum absolute atomic E-state index is 0.157. The van der Waals surface area contributed by atoms with Gasteiger partial charge in [-0.3, -0.25) is 4.79 Å². The molecule has 1 aliphatic rings. The van der Waals surface area contributed by atoms with Crippen LogP contribution in [0, 0.1) is 0 Å². The fourth-order valence-electron chi connectivity index (χ4n) is 5.61. The largest absolute Gasteiger partial charge is 0.481 e. The zero-order valence-corrected chi connectivity index (χ0v) is 27.3. The van der Waals surface area contributed by atoms with E-state index < -0.39 is 12.1 Å². The number of rotatable bonds is 12. The topological polar surface area (TPSA) is 115 Å². The molecule has 0 saturated heterocycles. The van der Waals surface area contributed by atoms with Crippen LogP contribution >= 0.6 is 39.1 Å². The summed E-state index contributed by atoms with van der Waals surface area (Å²) in [4.78, 5) is 15.3. The van der Waals surface area contributed by atoms with Gasteiger partial charge in [0.1, 0.15) is 6.61 Å². The number of carboxylic acid groups (broad SMARTS) is 1. The van der Waals surface area contributed by atoms with E-state index in [1.165, 1.54) is 18.2 Å². The molecule has 7 nitrogen and oxygen atoms in total. The number of aryl methyl sites for hydroxylation is 1. The van der Waals surface area contributed by atoms with Gasteiger partial charge in [0.15, 0.2) is 0 Å². The predicted molar refractivity (Wildman–Crippen MR) is 177 cm³/mol. The molecule has 0 fully saturated rings. The lowest BCUT2D eigenvalue weighted by atomic mass is 9.96. The third kappa shape index (κ3) is 7.38. The van der Waals surface area contributed by atoms with Crippen LogP contribution in [0.2, 0.25) is 10.0 Å². The van der Waals surface area contributed by atoms with E-state index in [0.29, 0.717) is 45.5 Å². The third-order valence-electron chi connectivity index (χ3n) is 7.78. The Balaban J connectivity index is 1.32. The number of methoxy groups -OCH3 is 1. The van der Waals surface area contributed by atoms with Gasteiger partial charge in [-0.1, -0.05) is 77.8 Å². The first-order chi connectivity index (χ1) is 21.1. The number of halogens is 3. The number of nitrogens with zero attached hydrogens (tertiary/aromatic N) is 1. The summed E-state index contributed by atoms with van der Waals surface area (Å²) in [7, 11) is 1.53.